The number of rotatable bonds is 5. The van der Waals surface area contributed by atoms with Crippen LogP contribution in [0.1, 0.15) is 59.7 Å². The van der Waals surface area contributed by atoms with Gasteiger partial charge in [-0.1, -0.05) is 31.2 Å². The van der Waals surface area contributed by atoms with E-state index < -0.39 is 0 Å². The Labute approximate surface area is 184 Å². The van der Waals surface area contributed by atoms with Crippen molar-refractivity contribution in [3.05, 3.63) is 82.4 Å². The molecule has 4 nitrogen and oxygen atoms in total. The third kappa shape index (κ3) is 3.31. The highest BCUT2D eigenvalue weighted by Gasteiger charge is 2.40. The lowest BCUT2D eigenvalue weighted by Crippen LogP contribution is -2.29. The van der Waals surface area contributed by atoms with Crippen molar-refractivity contribution in [3.8, 4) is 5.69 Å². The zero-order valence-corrected chi connectivity index (χ0v) is 19.3. The first kappa shape index (κ1) is 20.6. The van der Waals surface area contributed by atoms with Gasteiger partial charge in [-0.3, -0.25) is 4.98 Å². The number of benzene rings is 1. The van der Waals surface area contributed by atoms with Crippen molar-refractivity contribution >= 4 is 17.3 Å². The number of hydrogen-bond donors (Lipinski definition) is 1. The average molecular weight is 419 g/mol. The largest absolute Gasteiger partial charge is 0.352 e. The Morgan fingerprint density at radius 1 is 1.07 bits per heavy atom. The molecule has 0 aliphatic carbocycles. The second kappa shape index (κ2) is 8.23. The summed E-state index contributed by atoms with van der Waals surface area (Å²) < 4.78 is 2.42. The predicted molar refractivity (Wildman–Crippen MR) is 127 cm³/mol. The van der Waals surface area contributed by atoms with E-state index in [0.29, 0.717) is 0 Å². The molecule has 3 heterocycles. The number of para-hydroxylation sites is 1. The summed E-state index contributed by atoms with van der Waals surface area (Å²) in [6.07, 6.45) is 2.87. The lowest BCUT2D eigenvalue weighted by atomic mass is 9.96. The van der Waals surface area contributed by atoms with E-state index >= 15 is 0 Å². The molecule has 1 aliphatic heterocycles. The van der Waals surface area contributed by atoms with Gasteiger partial charge in [0.25, 0.3) is 0 Å². The molecule has 0 bridgehead atoms. The Kier molecular flexibility index (Phi) is 5.65. The van der Waals surface area contributed by atoms with Crippen LogP contribution in [0.15, 0.2) is 48.7 Å². The molecule has 0 unspecified atom stereocenters. The van der Waals surface area contributed by atoms with E-state index in [4.69, 9.17) is 12.2 Å². The topological polar surface area (TPSA) is 33.1 Å². The third-order valence-electron chi connectivity index (χ3n) is 6.25. The first-order valence-electron chi connectivity index (χ1n) is 10.7. The Hall–Kier alpha value is -2.66. The van der Waals surface area contributed by atoms with Gasteiger partial charge in [-0.25, -0.2) is 0 Å². The Morgan fingerprint density at radius 3 is 2.53 bits per heavy atom. The van der Waals surface area contributed by atoms with Gasteiger partial charge in [0.05, 0.1) is 23.5 Å². The van der Waals surface area contributed by atoms with Crippen molar-refractivity contribution in [2.45, 2.75) is 53.1 Å². The molecule has 0 spiro atoms. The number of nitrogens with one attached hydrogen (secondary N) is 1. The molecule has 0 radical (unpaired) electrons. The number of thiocarbonyl (C=S) groups is 1. The first-order chi connectivity index (χ1) is 14.5. The summed E-state index contributed by atoms with van der Waals surface area (Å²) in [5.74, 6) is 0. The number of hydrogen-bond acceptors (Lipinski definition) is 2. The zero-order valence-electron chi connectivity index (χ0n) is 18.4. The van der Waals surface area contributed by atoms with E-state index in [9.17, 15) is 0 Å². The summed E-state index contributed by atoms with van der Waals surface area (Å²) in [6, 6.07) is 15.2. The quantitative estimate of drug-likeness (QED) is 0.566. The highest BCUT2D eigenvalue weighted by Crippen LogP contribution is 2.41. The van der Waals surface area contributed by atoms with E-state index in [0.717, 1.165) is 23.8 Å². The van der Waals surface area contributed by atoms with Crippen LogP contribution in [0.3, 0.4) is 0 Å². The molecule has 1 aliphatic rings. The van der Waals surface area contributed by atoms with Crippen LogP contribution >= 0.6 is 12.2 Å². The maximum atomic E-state index is 5.71. The van der Waals surface area contributed by atoms with Gasteiger partial charge in [0, 0.05) is 24.1 Å². The monoisotopic (exact) mass is 418 g/mol. The molecule has 2 atom stereocenters. The van der Waals surface area contributed by atoms with Crippen LogP contribution in [0.4, 0.5) is 0 Å². The summed E-state index contributed by atoms with van der Waals surface area (Å²) in [4.78, 5) is 6.93. The van der Waals surface area contributed by atoms with Gasteiger partial charge in [0.2, 0.25) is 0 Å². The number of nitrogens with zero attached hydrogens (tertiary/aromatic N) is 3. The fraction of sp³-hybridized carbons (Fsp3) is 0.360. The van der Waals surface area contributed by atoms with E-state index in [1.807, 2.05) is 18.3 Å². The van der Waals surface area contributed by atoms with Crippen LogP contribution in [0.2, 0.25) is 0 Å². The minimum atomic E-state index is 0.0371. The van der Waals surface area contributed by atoms with Crippen LogP contribution in [0.25, 0.3) is 5.69 Å². The van der Waals surface area contributed by atoms with Crippen LogP contribution in [0, 0.1) is 20.8 Å². The Bertz CT molecular complexity index is 1070. The van der Waals surface area contributed by atoms with Crippen LogP contribution in [0.5, 0.6) is 0 Å². The van der Waals surface area contributed by atoms with Crippen LogP contribution in [-0.4, -0.2) is 26.1 Å². The summed E-state index contributed by atoms with van der Waals surface area (Å²) >= 11 is 5.71. The van der Waals surface area contributed by atoms with Gasteiger partial charge in [-0.2, -0.15) is 0 Å². The standard InChI is InChI=1S/C25H30N4S/c1-6-19-12-10-11-16(3)23(19)29-17(4)15-20(18(29)5)24-22(21-13-8-9-14-26-21)27-25(30)28(24)7-2/h8-15,22,24H,6-7H2,1-5H3,(H,27,30)/t22-,24+/m1/s1. The van der Waals surface area contributed by atoms with Crippen molar-refractivity contribution in [3.63, 3.8) is 0 Å². The lowest BCUT2D eigenvalue weighted by molar-refractivity contribution is 0.329. The van der Waals surface area contributed by atoms with Crippen molar-refractivity contribution in [2.75, 3.05) is 6.54 Å². The molecule has 1 N–H and O–H groups in total. The van der Waals surface area contributed by atoms with Crippen molar-refractivity contribution in [1.82, 2.24) is 19.8 Å². The van der Waals surface area contributed by atoms with Gasteiger partial charge < -0.3 is 14.8 Å². The molecular formula is C25H30N4S. The molecule has 4 rings (SSSR count). The fourth-order valence-electron chi connectivity index (χ4n) is 4.84. The van der Waals surface area contributed by atoms with E-state index in [2.05, 4.69) is 84.7 Å². The summed E-state index contributed by atoms with van der Waals surface area (Å²) in [7, 11) is 0. The smallest absolute Gasteiger partial charge is 0.170 e. The molecule has 5 heteroatoms. The zero-order chi connectivity index (χ0) is 21.4. The minimum absolute atomic E-state index is 0.0371. The number of likely N-dealkylation sites (N-methyl/N-ethyl adjacent to an activating group) is 1. The average Bonchev–Trinajstić information content (AvgIpc) is 3.23. The molecule has 0 amide bonds. The highest BCUT2D eigenvalue weighted by atomic mass is 32.1. The highest BCUT2D eigenvalue weighted by molar-refractivity contribution is 7.80. The number of aryl methyl sites for hydroxylation is 3. The molecule has 3 aromatic rings. The lowest BCUT2D eigenvalue weighted by Gasteiger charge is -2.27. The molecule has 1 aromatic carbocycles. The number of pyridine rings is 1. The molecule has 30 heavy (non-hydrogen) atoms. The first-order valence-corrected chi connectivity index (χ1v) is 11.1. The fourth-order valence-corrected chi connectivity index (χ4v) is 5.21. The Balaban J connectivity index is 1.88. The van der Waals surface area contributed by atoms with Gasteiger partial charge in [0.1, 0.15) is 0 Å². The molecule has 1 fully saturated rings. The summed E-state index contributed by atoms with van der Waals surface area (Å²) in [6.45, 7) is 11.9. The van der Waals surface area contributed by atoms with Gasteiger partial charge >= 0.3 is 0 Å². The molecular weight excluding hydrogens is 388 g/mol. The van der Waals surface area contributed by atoms with Gasteiger partial charge in [0.15, 0.2) is 5.11 Å². The third-order valence-corrected chi connectivity index (χ3v) is 6.61. The Morgan fingerprint density at radius 2 is 1.87 bits per heavy atom. The van der Waals surface area contributed by atoms with Gasteiger partial charge in [-0.15, -0.1) is 0 Å². The van der Waals surface area contributed by atoms with Gasteiger partial charge in [-0.05, 0) is 81.2 Å². The van der Waals surface area contributed by atoms with E-state index in [-0.39, 0.29) is 12.1 Å². The molecule has 1 saturated heterocycles. The van der Waals surface area contributed by atoms with E-state index in [1.54, 1.807) is 0 Å². The number of aromatic nitrogens is 2. The predicted octanol–water partition coefficient (Wildman–Crippen LogP) is 5.35. The maximum Gasteiger partial charge on any atom is 0.170 e. The second-order valence-corrected chi connectivity index (χ2v) is 8.40. The van der Waals surface area contributed by atoms with Crippen molar-refractivity contribution < 1.29 is 0 Å². The maximum absolute atomic E-state index is 5.71. The SMILES string of the molecule is CCc1cccc(C)c1-n1c(C)cc([C@H]2[C@@H](c3ccccn3)NC(=S)N2CC)c1C. The second-order valence-electron chi connectivity index (χ2n) is 8.01. The van der Waals surface area contributed by atoms with Crippen LogP contribution < -0.4 is 5.32 Å². The molecule has 156 valence electrons. The molecule has 0 saturated carbocycles. The summed E-state index contributed by atoms with van der Waals surface area (Å²) in [5, 5.41) is 4.33. The van der Waals surface area contributed by atoms with Crippen molar-refractivity contribution in [2.24, 2.45) is 0 Å². The normalized spacial score (nSPS) is 18.7. The minimum Gasteiger partial charge on any atom is -0.352 e. The van der Waals surface area contributed by atoms with E-state index in [1.165, 1.54) is 33.8 Å². The van der Waals surface area contributed by atoms with Crippen LogP contribution in [-0.2, 0) is 6.42 Å². The summed E-state index contributed by atoms with van der Waals surface area (Å²) in [5.41, 5.74) is 8.84. The van der Waals surface area contributed by atoms with Crippen molar-refractivity contribution in [1.29, 1.82) is 0 Å². The molecule has 2 aromatic heterocycles.